The minimum absolute atomic E-state index is 0.0223. The van der Waals surface area contributed by atoms with Crippen LogP contribution in [0.3, 0.4) is 0 Å². The Bertz CT molecular complexity index is 451. The van der Waals surface area contributed by atoms with E-state index in [0.717, 1.165) is 16.9 Å². The van der Waals surface area contributed by atoms with E-state index in [0.29, 0.717) is 6.61 Å². The van der Waals surface area contributed by atoms with E-state index in [2.05, 4.69) is 5.10 Å². The fraction of sp³-hybridized carbons (Fsp3) is 0.250. The molecule has 0 fully saturated rings. The average Bonchev–Trinajstić information content (AvgIpc) is 2.74. The van der Waals surface area contributed by atoms with Gasteiger partial charge in [0.2, 0.25) is 0 Å². The number of methoxy groups -OCH3 is 1. The fourth-order valence-electron chi connectivity index (χ4n) is 1.55. The van der Waals surface area contributed by atoms with Crippen molar-refractivity contribution in [2.45, 2.75) is 13.2 Å². The first-order valence-corrected chi connectivity index (χ1v) is 5.08. The molecule has 1 N–H and O–H groups in total. The van der Waals surface area contributed by atoms with E-state index in [1.165, 1.54) is 0 Å². The van der Waals surface area contributed by atoms with Crippen LogP contribution in [0.4, 0.5) is 0 Å². The molecule has 0 aliphatic heterocycles. The van der Waals surface area contributed by atoms with Crippen molar-refractivity contribution in [3.05, 3.63) is 47.8 Å². The number of hydrogen-bond donors (Lipinski definition) is 1. The third kappa shape index (κ3) is 2.13. The Kier molecular flexibility index (Phi) is 3.34. The van der Waals surface area contributed by atoms with Gasteiger partial charge in [0.1, 0.15) is 0 Å². The van der Waals surface area contributed by atoms with Crippen molar-refractivity contribution in [1.29, 1.82) is 0 Å². The Labute approximate surface area is 94.1 Å². The smallest absolute Gasteiger partial charge is 0.0941 e. The Morgan fingerprint density at radius 3 is 2.69 bits per heavy atom. The maximum atomic E-state index is 9.20. The van der Waals surface area contributed by atoms with Crippen LogP contribution in [0.1, 0.15) is 11.3 Å². The van der Waals surface area contributed by atoms with Crippen LogP contribution in [0.15, 0.2) is 36.5 Å². The molecule has 1 aromatic heterocycles. The van der Waals surface area contributed by atoms with Crippen LogP contribution in [0.5, 0.6) is 0 Å². The Hall–Kier alpha value is -1.65. The van der Waals surface area contributed by atoms with Gasteiger partial charge in [0.15, 0.2) is 0 Å². The largest absolute Gasteiger partial charge is 0.392 e. The molecule has 0 atom stereocenters. The summed E-state index contributed by atoms with van der Waals surface area (Å²) in [4.78, 5) is 0. The van der Waals surface area contributed by atoms with E-state index in [1.807, 2.05) is 36.5 Å². The van der Waals surface area contributed by atoms with Crippen molar-refractivity contribution in [2.75, 3.05) is 7.11 Å². The predicted octanol–water partition coefficient (Wildman–Crippen LogP) is 1.51. The fourth-order valence-corrected chi connectivity index (χ4v) is 1.55. The molecule has 0 spiro atoms. The number of rotatable bonds is 4. The lowest BCUT2D eigenvalue weighted by atomic mass is 10.3. The van der Waals surface area contributed by atoms with Gasteiger partial charge in [0, 0.05) is 18.9 Å². The summed E-state index contributed by atoms with van der Waals surface area (Å²) in [6.45, 7) is 0.390. The molecule has 1 aromatic carbocycles. The molecular formula is C12H14N2O2. The van der Waals surface area contributed by atoms with Crippen molar-refractivity contribution in [1.82, 2.24) is 9.78 Å². The Morgan fingerprint density at radius 2 is 2.06 bits per heavy atom. The van der Waals surface area contributed by atoms with Crippen molar-refractivity contribution < 1.29 is 9.84 Å². The van der Waals surface area contributed by atoms with Crippen LogP contribution in [-0.2, 0) is 18.0 Å². The third-order valence-corrected chi connectivity index (χ3v) is 2.35. The number of para-hydroxylation sites is 1. The molecule has 16 heavy (non-hydrogen) atoms. The first-order valence-electron chi connectivity index (χ1n) is 5.08. The van der Waals surface area contributed by atoms with E-state index < -0.39 is 0 Å². The topological polar surface area (TPSA) is 47.3 Å². The SMILES string of the molecule is COCc1nn(-c2ccccc2)cc1CO. The number of aliphatic hydroxyl groups excluding tert-OH is 1. The zero-order chi connectivity index (χ0) is 11.4. The molecule has 0 saturated carbocycles. The molecule has 0 unspecified atom stereocenters. The maximum Gasteiger partial charge on any atom is 0.0941 e. The van der Waals surface area contributed by atoms with E-state index >= 15 is 0 Å². The molecule has 0 amide bonds. The van der Waals surface area contributed by atoms with Gasteiger partial charge in [0.05, 0.1) is 24.6 Å². The second-order valence-corrected chi connectivity index (χ2v) is 3.47. The van der Waals surface area contributed by atoms with Gasteiger partial charge in [0.25, 0.3) is 0 Å². The summed E-state index contributed by atoms with van der Waals surface area (Å²) in [5, 5.41) is 13.6. The highest BCUT2D eigenvalue weighted by Gasteiger charge is 2.08. The highest BCUT2D eigenvalue weighted by molar-refractivity contribution is 5.32. The number of benzene rings is 1. The van der Waals surface area contributed by atoms with Gasteiger partial charge >= 0.3 is 0 Å². The van der Waals surface area contributed by atoms with Crippen molar-refractivity contribution in [3.63, 3.8) is 0 Å². The number of ether oxygens (including phenoxy) is 1. The molecular weight excluding hydrogens is 204 g/mol. The summed E-state index contributed by atoms with van der Waals surface area (Å²) in [5.74, 6) is 0. The standard InChI is InChI=1S/C12H14N2O2/c1-16-9-12-10(8-15)7-14(13-12)11-5-3-2-4-6-11/h2-7,15H,8-9H2,1H3. The van der Waals surface area contributed by atoms with Gasteiger partial charge in [-0.3, -0.25) is 0 Å². The van der Waals surface area contributed by atoms with E-state index in [-0.39, 0.29) is 6.61 Å². The number of aromatic nitrogens is 2. The Balaban J connectivity index is 2.36. The van der Waals surface area contributed by atoms with E-state index in [4.69, 9.17) is 4.74 Å². The van der Waals surface area contributed by atoms with Crippen LogP contribution in [0, 0.1) is 0 Å². The lowest BCUT2D eigenvalue weighted by Crippen LogP contribution is -1.96. The van der Waals surface area contributed by atoms with Crippen molar-refractivity contribution in [2.24, 2.45) is 0 Å². The third-order valence-electron chi connectivity index (χ3n) is 2.35. The molecule has 2 rings (SSSR count). The monoisotopic (exact) mass is 218 g/mol. The zero-order valence-electron chi connectivity index (χ0n) is 9.13. The number of aliphatic hydroxyl groups is 1. The quantitative estimate of drug-likeness (QED) is 0.846. The minimum Gasteiger partial charge on any atom is -0.392 e. The van der Waals surface area contributed by atoms with Gasteiger partial charge in [-0.2, -0.15) is 5.10 Å². The van der Waals surface area contributed by atoms with Crippen molar-refractivity contribution in [3.8, 4) is 5.69 Å². The first kappa shape index (κ1) is 10.9. The highest BCUT2D eigenvalue weighted by Crippen LogP contribution is 2.13. The summed E-state index contributed by atoms with van der Waals surface area (Å²) in [7, 11) is 1.61. The molecule has 0 saturated heterocycles. The van der Waals surface area contributed by atoms with Crippen LogP contribution in [0.2, 0.25) is 0 Å². The van der Waals surface area contributed by atoms with Crippen LogP contribution in [-0.4, -0.2) is 22.0 Å². The van der Waals surface area contributed by atoms with Gasteiger partial charge < -0.3 is 9.84 Å². The number of hydrogen-bond acceptors (Lipinski definition) is 3. The van der Waals surface area contributed by atoms with Crippen LogP contribution >= 0.6 is 0 Å². The summed E-state index contributed by atoms with van der Waals surface area (Å²) in [6.07, 6.45) is 1.82. The molecule has 4 heteroatoms. The molecule has 84 valence electrons. The van der Waals surface area contributed by atoms with Gasteiger partial charge in [-0.25, -0.2) is 4.68 Å². The predicted molar refractivity (Wildman–Crippen MR) is 60.2 cm³/mol. The summed E-state index contributed by atoms with van der Waals surface area (Å²) in [6, 6.07) is 9.78. The van der Waals surface area contributed by atoms with Crippen molar-refractivity contribution >= 4 is 0 Å². The molecule has 4 nitrogen and oxygen atoms in total. The average molecular weight is 218 g/mol. The van der Waals surface area contributed by atoms with Gasteiger partial charge in [-0.15, -0.1) is 0 Å². The molecule has 0 radical (unpaired) electrons. The minimum atomic E-state index is -0.0223. The van der Waals surface area contributed by atoms with Crippen LogP contribution in [0.25, 0.3) is 5.69 Å². The first-order chi connectivity index (χ1) is 7.85. The van der Waals surface area contributed by atoms with Crippen LogP contribution < -0.4 is 0 Å². The van der Waals surface area contributed by atoms with E-state index in [9.17, 15) is 5.11 Å². The zero-order valence-corrected chi connectivity index (χ0v) is 9.13. The maximum absolute atomic E-state index is 9.20. The second kappa shape index (κ2) is 4.92. The second-order valence-electron chi connectivity index (χ2n) is 3.47. The molecule has 0 aliphatic rings. The lowest BCUT2D eigenvalue weighted by molar-refractivity contribution is 0.178. The summed E-state index contributed by atoms with van der Waals surface area (Å²) in [5.41, 5.74) is 2.54. The normalized spacial score (nSPS) is 10.6. The summed E-state index contributed by atoms with van der Waals surface area (Å²) < 4.78 is 6.78. The molecule has 0 aliphatic carbocycles. The lowest BCUT2D eigenvalue weighted by Gasteiger charge is -1.99. The summed E-state index contributed by atoms with van der Waals surface area (Å²) >= 11 is 0. The molecule has 0 bridgehead atoms. The molecule has 2 aromatic rings. The van der Waals surface area contributed by atoms with Gasteiger partial charge in [-0.05, 0) is 12.1 Å². The molecule has 1 heterocycles. The highest BCUT2D eigenvalue weighted by atomic mass is 16.5. The Morgan fingerprint density at radius 1 is 1.31 bits per heavy atom. The van der Waals surface area contributed by atoms with Gasteiger partial charge in [-0.1, -0.05) is 18.2 Å². The number of nitrogens with zero attached hydrogens (tertiary/aromatic N) is 2. The van der Waals surface area contributed by atoms with E-state index in [1.54, 1.807) is 11.8 Å².